The third-order valence-corrected chi connectivity index (χ3v) is 2.32. The van der Waals surface area contributed by atoms with Crippen molar-refractivity contribution in [2.24, 2.45) is 0 Å². The van der Waals surface area contributed by atoms with Crippen LogP contribution >= 0.6 is 0 Å². The van der Waals surface area contributed by atoms with Gasteiger partial charge in [0, 0.05) is 18.7 Å². The largest absolute Gasteiger partial charge is 0.484 e. The zero-order valence-corrected chi connectivity index (χ0v) is 11.1. The highest BCUT2D eigenvalue weighted by Crippen LogP contribution is 2.20. The van der Waals surface area contributed by atoms with Crippen molar-refractivity contribution in [1.29, 1.82) is 0 Å². The maximum absolute atomic E-state index is 12.0. The molecule has 0 bridgehead atoms. The lowest BCUT2D eigenvalue weighted by Crippen LogP contribution is -2.21. The number of halogens is 3. The average Bonchev–Trinajstić information content (AvgIpc) is 2.37. The molecule has 4 nitrogen and oxygen atoms in total. The SMILES string of the molecule is CCNCCC(=O)Nc1ccc(OCC(F)(F)F)cc1. The minimum absolute atomic E-state index is 0.105. The first kappa shape index (κ1) is 16.3. The third-order valence-electron chi connectivity index (χ3n) is 2.32. The number of alkyl halides is 3. The first-order valence-electron chi connectivity index (χ1n) is 6.21. The van der Waals surface area contributed by atoms with Gasteiger partial charge in [0.25, 0.3) is 0 Å². The van der Waals surface area contributed by atoms with Crippen LogP contribution in [0.3, 0.4) is 0 Å². The van der Waals surface area contributed by atoms with Gasteiger partial charge in [0.05, 0.1) is 0 Å². The summed E-state index contributed by atoms with van der Waals surface area (Å²) in [7, 11) is 0. The second-order valence-corrected chi connectivity index (χ2v) is 4.08. The minimum atomic E-state index is -4.36. The number of nitrogens with one attached hydrogen (secondary N) is 2. The summed E-state index contributed by atoms with van der Waals surface area (Å²) in [5.74, 6) is -0.0529. The van der Waals surface area contributed by atoms with E-state index < -0.39 is 12.8 Å². The monoisotopic (exact) mass is 290 g/mol. The number of carbonyl (C=O) groups is 1. The Hall–Kier alpha value is -1.76. The second kappa shape index (κ2) is 7.74. The summed E-state index contributed by atoms with van der Waals surface area (Å²) in [5, 5.41) is 5.66. The van der Waals surface area contributed by atoms with E-state index in [0.717, 1.165) is 6.54 Å². The summed E-state index contributed by atoms with van der Waals surface area (Å²) in [6, 6.07) is 5.75. The van der Waals surface area contributed by atoms with Crippen molar-refractivity contribution in [3.63, 3.8) is 0 Å². The van der Waals surface area contributed by atoms with E-state index in [4.69, 9.17) is 0 Å². The molecule has 1 aromatic carbocycles. The van der Waals surface area contributed by atoms with E-state index in [-0.39, 0.29) is 11.7 Å². The summed E-state index contributed by atoms with van der Waals surface area (Å²) in [6.45, 7) is 1.98. The molecule has 0 atom stereocenters. The molecule has 112 valence electrons. The maximum Gasteiger partial charge on any atom is 0.422 e. The number of carbonyl (C=O) groups excluding carboxylic acids is 1. The van der Waals surface area contributed by atoms with Crippen LogP contribution < -0.4 is 15.4 Å². The van der Waals surface area contributed by atoms with Gasteiger partial charge in [-0.2, -0.15) is 13.2 Å². The molecule has 0 fully saturated rings. The van der Waals surface area contributed by atoms with Gasteiger partial charge in [-0.05, 0) is 30.8 Å². The van der Waals surface area contributed by atoms with Gasteiger partial charge in [-0.1, -0.05) is 6.92 Å². The van der Waals surface area contributed by atoms with E-state index >= 15 is 0 Å². The summed E-state index contributed by atoms with van der Waals surface area (Å²) >= 11 is 0. The van der Waals surface area contributed by atoms with Crippen LogP contribution in [-0.2, 0) is 4.79 Å². The fourth-order valence-electron chi connectivity index (χ4n) is 1.40. The molecule has 0 saturated heterocycles. The fourth-order valence-corrected chi connectivity index (χ4v) is 1.40. The van der Waals surface area contributed by atoms with Crippen molar-refractivity contribution in [2.45, 2.75) is 19.5 Å². The van der Waals surface area contributed by atoms with Gasteiger partial charge in [-0.15, -0.1) is 0 Å². The lowest BCUT2D eigenvalue weighted by atomic mass is 10.3. The van der Waals surface area contributed by atoms with Crippen molar-refractivity contribution < 1.29 is 22.7 Å². The number of rotatable bonds is 7. The number of hydrogen-bond donors (Lipinski definition) is 2. The van der Waals surface area contributed by atoms with Gasteiger partial charge in [0.1, 0.15) is 5.75 Å². The van der Waals surface area contributed by atoms with Crippen LogP contribution in [0.15, 0.2) is 24.3 Å². The average molecular weight is 290 g/mol. The molecule has 0 aliphatic heterocycles. The number of amides is 1. The fraction of sp³-hybridized carbons (Fsp3) is 0.462. The molecule has 2 N–H and O–H groups in total. The van der Waals surface area contributed by atoms with Crippen molar-refractivity contribution in [3.8, 4) is 5.75 Å². The van der Waals surface area contributed by atoms with Crippen LogP contribution in [0.5, 0.6) is 5.75 Å². The van der Waals surface area contributed by atoms with Crippen molar-refractivity contribution >= 4 is 11.6 Å². The first-order chi connectivity index (χ1) is 9.40. The van der Waals surface area contributed by atoms with Crippen LogP contribution in [0, 0.1) is 0 Å². The van der Waals surface area contributed by atoms with Crippen LogP contribution in [0.2, 0.25) is 0 Å². The molecule has 0 spiro atoms. The zero-order chi connectivity index (χ0) is 15.0. The lowest BCUT2D eigenvalue weighted by Gasteiger charge is -2.10. The van der Waals surface area contributed by atoms with Crippen LogP contribution in [0.25, 0.3) is 0 Å². The van der Waals surface area contributed by atoms with Crippen molar-refractivity contribution in [1.82, 2.24) is 5.32 Å². The predicted octanol–water partition coefficient (Wildman–Crippen LogP) is 2.57. The Bertz CT molecular complexity index is 419. The molecule has 7 heteroatoms. The molecule has 0 aliphatic rings. The highest BCUT2D eigenvalue weighted by molar-refractivity contribution is 5.90. The second-order valence-electron chi connectivity index (χ2n) is 4.08. The van der Waals surface area contributed by atoms with Gasteiger partial charge in [0.2, 0.25) is 5.91 Å². The van der Waals surface area contributed by atoms with E-state index in [9.17, 15) is 18.0 Å². The van der Waals surface area contributed by atoms with Crippen LogP contribution in [0.4, 0.5) is 18.9 Å². The van der Waals surface area contributed by atoms with E-state index in [1.807, 2.05) is 6.92 Å². The van der Waals surface area contributed by atoms with Crippen LogP contribution in [-0.4, -0.2) is 31.8 Å². The molecule has 1 amide bonds. The zero-order valence-electron chi connectivity index (χ0n) is 11.1. The van der Waals surface area contributed by atoms with Gasteiger partial charge in [-0.3, -0.25) is 4.79 Å². The maximum atomic E-state index is 12.0. The third kappa shape index (κ3) is 6.98. The Morgan fingerprint density at radius 2 is 1.90 bits per heavy atom. The van der Waals surface area contributed by atoms with Crippen LogP contribution in [0.1, 0.15) is 13.3 Å². The molecule has 1 rings (SSSR count). The van der Waals surface area contributed by atoms with E-state index in [2.05, 4.69) is 15.4 Å². The molecule has 1 aromatic rings. The number of benzene rings is 1. The molecular weight excluding hydrogens is 273 g/mol. The van der Waals surface area contributed by atoms with Crippen molar-refractivity contribution in [2.75, 3.05) is 25.0 Å². The molecule has 0 radical (unpaired) electrons. The lowest BCUT2D eigenvalue weighted by molar-refractivity contribution is -0.153. The molecular formula is C13H17F3N2O2. The van der Waals surface area contributed by atoms with Gasteiger partial charge in [-0.25, -0.2) is 0 Å². The normalized spacial score (nSPS) is 11.2. The predicted molar refractivity (Wildman–Crippen MR) is 69.8 cm³/mol. The molecule has 0 heterocycles. The Labute approximate surface area is 115 Å². The summed E-state index contributed by atoms with van der Waals surface area (Å²) in [4.78, 5) is 11.5. The smallest absolute Gasteiger partial charge is 0.422 e. The van der Waals surface area contributed by atoms with E-state index in [1.165, 1.54) is 24.3 Å². The summed E-state index contributed by atoms with van der Waals surface area (Å²) < 4.78 is 40.4. The highest BCUT2D eigenvalue weighted by atomic mass is 19.4. The van der Waals surface area contributed by atoms with Crippen molar-refractivity contribution in [3.05, 3.63) is 24.3 Å². The van der Waals surface area contributed by atoms with Gasteiger partial charge >= 0.3 is 6.18 Å². The number of ether oxygens (including phenoxy) is 1. The Morgan fingerprint density at radius 3 is 2.45 bits per heavy atom. The first-order valence-corrected chi connectivity index (χ1v) is 6.21. The summed E-state index contributed by atoms with van der Waals surface area (Å²) in [5.41, 5.74) is 0.519. The van der Waals surface area contributed by atoms with Gasteiger partial charge in [0.15, 0.2) is 6.61 Å². The topological polar surface area (TPSA) is 50.4 Å². The molecule has 0 unspecified atom stereocenters. The minimum Gasteiger partial charge on any atom is -0.484 e. The number of hydrogen-bond acceptors (Lipinski definition) is 3. The Balaban J connectivity index is 2.40. The Morgan fingerprint density at radius 1 is 1.25 bits per heavy atom. The van der Waals surface area contributed by atoms with E-state index in [0.29, 0.717) is 18.7 Å². The molecule has 0 aromatic heterocycles. The van der Waals surface area contributed by atoms with E-state index in [1.54, 1.807) is 0 Å². The molecule has 0 aliphatic carbocycles. The highest BCUT2D eigenvalue weighted by Gasteiger charge is 2.28. The van der Waals surface area contributed by atoms with Gasteiger partial charge < -0.3 is 15.4 Å². The standard InChI is InChI=1S/C13H17F3N2O2/c1-2-17-8-7-12(19)18-10-3-5-11(6-4-10)20-9-13(14,15)16/h3-6,17H,2,7-9H2,1H3,(H,18,19). The Kier molecular flexibility index (Phi) is 6.30. The quantitative estimate of drug-likeness (QED) is 0.759. The summed E-state index contributed by atoms with van der Waals surface area (Å²) in [6.07, 6.45) is -4.03. The molecule has 20 heavy (non-hydrogen) atoms. The molecule has 0 saturated carbocycles. The number of anilines is 1.